The largest absolute Gasteiger partial charge is 0.450 e. The van der Waals surface area contributed by atoms with Crippen LogP contribution < -0.4 is 17.2 Å². The summed E-state index contributed by atoms with van der Waals surface area (Å²) in [7, 11) is 0. The first kappa shape index (κ1) is 23.3. The molecule has 0 saturated carbocycles. The summed E-state index contributed by atoms with van der Waals surface area (Å²) in [6.45, 7) is 2.06. The number of hydrogen-bond acceptors (Lipinski definition) is 7. The van der Waals surface area contributed by atoms with Gasteiger partial charge in [0.15, 0.2) is 0 Å². The van der Waals surface area contributed by atoms with E-state index in [4.69, 9.17) is 25.2 Å². The maximum Gasteiger partial charge on any atom is 0.404 e. The first-order valence-corrected chi connectivity index (χ1v) is 3.38. The number of nitrogens with one attached hydrogen (secondary N) is 2. The van der Waals surface area contributed by atoms with E-state index >= 15 is 0 Å². The van der Waals surface area contributed by atoms with Gasteiger partial charge in [-0.25, -0.2) is 30.0 Å². The average molecular weight is 235 g/mol. The van der Waals surface area contributed by atoms with E-state index in [9.17, 15) is 4.79 Å². The van der Waals surface area contributed by atoms with Crippen LogP contribution >= 0.6 is 0 Å². The Hall–Kier alpha value is -2.70. The van der Waals surface area contributed by atoms with Crippen LogP contribution in [-0.2, 0) is 14.3 Å². The summed E-state index contributed by atoms with van der Waals surface area (Å²) in [6.07, 6.45) is 0.789. The fourth-order valence-electron chi connectivity index (χ4n) is 0.142. The second-order valence-electron chi connectivity index (χ2n) is 1.36. The molecule has 0 fully saturated rings. The second kappa shape index (κ2) is 29.5. The topological polar surface area (TPSA) is 203 Å². The Balaban J connectivity index is -0.0000000635. The molecule has 8 N–H and O–H groups in total. The summed E-state index contributed by atoms with van der Waals surface area (Å²) in [6, 6.07) is -0.833. The van der Waals surface area contributed by atoms with Crippen molar-refractivity contribution in [3.05, 3.63) is 0 Å². The lowest BCUT2D eigenvalue weighted by Crippen LogP contribution is -2.18. The third-order valence-electron chi connectivity index (χ3n) is 0.287. The predicted molar refractivity (Wildman–Crippen MR) is 51.8 cm³/mol. The number of primary amides is 3. The van der Waals surface area contributed by atoms with Crippen LogP contribution in [0.4, 0.5) is 9.59 Å². The predicted octanol–water partition coefficient (Wildman–Crippen LogP) is -1.07. The Morgan fingerprint density at radius 2 is 1.31 bits per heavy atom. The fraction of sp³-hybridized carbons (Fsp3) is 0.333. The fourth-order valence-corrected chi connectivity index (χ4v) is 0.142. The van der Waals surface area contributed by atoms with Crippen LogP contribution in [0.1, 0.15) is 6.92 Å². The molecule has 0 unspecified atom stereocenters. The molecule has 0 spiro atoms. The highest BCUT2D eigenvalue weighted by Crippen LogP contribution is 1.66. The number of nitrogens with two attached hydrogens (primary N) is 3. The van der Waals surface area contributed by atoms with E-state index in [-0.39, 0.29) is 0 Å². The van der Waals surface area contributed by atoms with E-state index < -0.39 is 12.1 Å². The molecule has 3 amide bonds. The molecule has 16 heavy (non-hydrogen) atoms. The number of carbonyl (C=O) groups excluding carboxylic acids is 4. The van der Waals surface area contributed by atoms with Crippen molar-refractivity contribution in [1.82, 2.24) is 0 Å². The van der Waals surface area contributed by atoms with Gasteiger partial charge in [0.25, 0.3) is 0 Å². The van der Waals surface area contributed by atoms with E-state index in [0.717, 1.165) is 12.2 Å². The lowest BCUT2D eigenvalue weighted by atomic mass is 10.9. The first-order chi connectivity index (χ1) is 7.33. The van der Waals surface area contributed by atoms with Crippen molar-refractivity contribution < 1.29 is 23.9 Å². The molecule has 0 aliphatic rings. The Labute approximate surface area is 90.7 Å². The molecular weight excluding hydrogens is 222 g/mol. The summed E-state index contributed by atoms with van der Waals surface area (Å²) in [4.78, 5) is 35.3. The van der Waals surface area contributed by atoms with E-state index in [1.807, 2.05) is 0 Å². The molecular formula is C6H13N5O5. The number of urea groups is 1. The first-order valence-electron chi connectivity index (χ1n) is 3.38. The molecule has 0 bridgehead atoms. The van der Waals surface area contributed by atoms with Crippen molar-refractivity contribution in [2.75, 3.05) is 6.61 Å². The number of rotatable bonds is 1. The standard InChI is InChI=1S/C3H7NO2.CH4N2O.2CHNO/c1-2-6-3(4)5;2-1(3)4;2*2-1-3/h2H2,1H3,(H2,4,5);(H4,2,3,4);2*2H. The SMILES string of the molecule is CCOC(N)=O.N=C=O.N=C=O.NC(N)=O. The monoisotopic (exact) mass is 235 g/mol. The van der Waals surface area contributed by atoms with Gasteiger partial charge >= 0.3 is 12.1 Å². The number of carbonyl (C=O) groups is 2. The van der Waals surface area contributed by atoms with Crippen molar-refractivity contribution in [1.29, 1.82) is 10.8 Å². The molecule has 0 rings (SSSR count). The quantitative estimate of drug-likeness (QED) is 0.283. The molecule has 0 aromatic rings. The lowest BCUT2D eigenvalue weighted by Gasteiger charge is -1.89. The molecule has 0 heterocycles. The molecule has 92 valence electrons. The minimum atomic E-state index is -0.833. The van der Waals surface area contributed by atoms with Gasteiger partial charge in [0, 0.05) is 0 Å². The Morgan fingerprint density at radius 1 is 1.12 bits per heavy atom. The highest BCUT2D eigenvalue weighted by molar-refractivity contribution is 5.69. The van der Waals surface area contributed by atoms with Crippen LogP contribution in [0.5, 0.6) is 0 Å². The van der Waals surface area contributed by atoms with Gasteiger partial charge in [-0.15, -0.1) is 0 Å². The summed E-state index contributed by atoms with van der Waals surface area (Å²) < 4.78 is 4.18. The molecule has 0 saturated heterocycles. The molecule has 0 aromatic heterocycles. The van der Waals surface area contributed by atoms with Gasteiger partial charge in [-0.05, 0) is 6.92 Å². The number of amides is 3. The smallest absolute Gasteiger partial charge is 0.404 e. The van der Waals surface area contributed by atoms with Gasteiger partial charge in [-0.3, -0.25) is 0 Å². The maximum absolute atomic E-state index is 9.60. The molecule has 0 atom stereocenters. The van der Waals surface area contributed by atoms with Crippen LogP contribution in [-0.4, -0.2) is 30.9 Å². The highest BCUT2D eigenvalue weighted by atomic mass is 16.5. The van der Waals surface area contributed by atoms with Gasteiger partial charge in [-0.1, -0.05) is 0 Å². The lowest BCUT2D eigenvalue weighted by molar-refractivity contribution is 0.163. The van der Waals surface area contributed by atoms with Gasteiger partial charge in [-0.2, -0.15) is 0 Å². The van der Waals surface area contributed by atoms with Gasteiger partial charge in [0.2, 0.25) is 12.2 Å². The molecule has 0 aliphatic carbocycles. The summed E-state index contributed by atoms with van der Waals surface area (Å²) >= 11 is 0. The van der Waals surface area contributed by atoms with Gasteiger partial charge in [0.05, 0.1) is 6.61 Å². The summed E-state index contributed by atoms with van der Waals surface area (Å²) in [5, 5.41) is 10.8. The maximum atomic E-state index is 9.60. The Bertz CT molecular complexity index is 226. The number of hydrogen-bond donors (Lipinski definition) is 5. The highest BCUT2D eigenvalue weighted by Gasteiger charge is 1.82. The van der Waals surface area contributed by atoms with Crippen molar-refractivity contribution >= 4 is 24.3 Å². The van der Waals surface area contributed by atoms with Crippen molar-refractivity contribution in [3.63, 3.8) is 0 Å². The Kier molecular flexibility index (Phi) is 42.9. The van der Waals surface area contributed by atoms with Crippen molar-refractivity contribution in [2.45, 2.75) is 6.92 Å². The average Bonchev–Trinajstić information content (AvgIpc) is 2.04. The van der Waals surface area contributed by atoms with E-state index in [1.165, 1.54) is 0 Å². The third-order valence-corrected chi connectivity index (χ3v) is 0.287. The molecule has 10 heteroatoms. The summed E-state index contributed by atoms with van der Waals surface area (Å²) in [5.41, 5.74) is 13.0. The van der Waals surface area contributed by atoms with Crippen molar-refractivity contribution in [2.24, 2.45) is 17.2 Å². The molecule has 0 aromatic carbocycles. The Morgan fingerprint density at radius 3 is 1.31 bits per heavy atom. The van der Waals surface area contributed by atoms with E-state index in [1.54, 1.807) is 6.92 Å². The zero-order valence-electron chi connectivity index (χ0n) is 8.48. The molecule has 10 nitrogen and oxygen atoms in total. The van der Waals surface area contributed by atoms with E-state index in [2.05, 4.69) is 21.9 Å². The van der Waals surface area contributed by atoms with Crippen LogP contribution in [0.25, 0.3) is 0 Å². The van der Waals surface area contributed by atoms with E-state index in [0.29, 0.717) is 6.61 Å². The third kappa shape index (κ3) is 13300. The minimum absolute atomic E-state index is 0.356. The summed E-state index contributed by atoms with van der Waals surface area (Å²) in [5.74, 6) is 0. The van der Waals surface area contributed by atoms with Gasteiger partial charge in [0.1, 0.15) is 0 Å². The van der Waals surface area contributed by atoms with Crippen molar-refractivity contribution in [3.8, 4) is 0 Å². The zero-order chi connectivity index (χ0) is 14.0. The zero-order valence-corrected chi connectivity index (χ0v) is 8.48. The number of isocyanates is 2. The normalized spacial score (nSPS) is 5.31. The van der Waals surface area contributed by atoms with Gasteiger partial charge < -0.3 is 21.9 Å². The van der Waals surface area contributed by atoms with Crippen LogP contribution in [0.15, 0.2) is 0 Å². The minimum Gasteiger partial charge on any atom is -0.450 e. The second-order valence-corrected chi connectivity index (χ2v) is 1.36. The van der Waals surface area contributed by atoms with Crippen LogP contribution in [0.2, 0.25) is 0 Å². The van der Waals surface area contributed by atoms with Crippen LogP contribution in [0, 0.1) is 10.8 Å². The van der Waals surface area contributed by atoms with Crippen LogP contribution in [0.3, 0.4) is 0 Å². The molecule has 0 radical (unpaired) electrons. The number of ether oxygens (including phenoxy) is 1. The molecule has 0 aliphatic heterocycles.